The Morgan fingerprint density at radius 2 is 2.11 bits per heavy atom. The maximum Gasteiger partial charge on any atom is 0.215 e. The number of nitrogens with one attached hydrogen (secondary N) is 3. The highest BCUT2D eigenvalue weighted by molar-refractivity contribution is 7.90. The van der Waals surface area contributed by atoms with E-state index in [-0.39, 0.29) is 6.04 Å². The Bertz CT molecular complexity index is 428. The van der Waals surface area contributed by atoms with Gasteiger partial charge in [0.1, 0.15) is 5.82 Å². The number of H-pyrrole nitrogens is 1. The van der Waals surface area contributed by atoms with Crippen LogP contribution < -0.4 is 10.0 Å². The van der Waals surface area contributed by atoms with Crippen LogP contribution in [0.15, 0.2) is 12.4 Å². The fourth-order valence-electron chi connectivity index (χ4n) is 1.40. The average Bonchev–Trinajstić information content (AvgIpc) is 2.78. The molecule has 1 rings (SSSR count). The van der Waals surface area contributed by atoms with Crippen molar-refractivity contribution in [2.45, 2.75) is 38.5 Å². The van der Waals surface area contributed by atoms with Gasteiger partial charge in [0.15, 0.2) is 0 Å². The normalized spacial score (nSPS) is 14.0. The van der Waals surface area contributed by atoms with Crippen LogP contribution in [-0.2, 0) is 16.4 Å². The third kappa shape index (κ3) is 5.16. The van der Waals surface area contributed by atoms with Gasteiger partial charge in [0.05, 0.1) is 5.25 Å². The lowest BCUT2D eigenvalue weighted by Crippen LogP contribution is -2.41. The van der Waals surface area contributed by atoms with Crippen LogP contribution in [0.4, 0.5) is 0 Å². The lowest BCUT2D eigenvalue weighted by molar-refractivity contribution is 0.540. The number of rotatable bonds is 8. The van der Waals surface area contributed by atoms with E-state index in [1.807, 2.05) is 13.8 Å². The molecule has 0 amide bonds. The second-order valence-electron chi connectivity index (χ2n) is 4.60. The second-order valence-corrected chi connectivity index (χ2v) is 6.78. The fraction of sp³-hybridized carbons (Fsp3) is 0.727. The summed E-state index contributed by atoms with van der Waals surface area (Å²) >= 11 is 0. The van der Waals surface area contributed by atoms with Crippen molar-refractivity contribution in [3.63, 3.8) is 0 Å². The van der Waals surface area contributed by atoms with Crippen LogP contribution in [0.5, 0.6) is 0 Å². The van der Waals surface area contributed by atoms with E-state index in [2.05, 4.69) is 20.0 Å². The quantitative estimate of drug-likeness (QED) is 0.634. The van der Waals surface area contributed by atoms with Crippen molar-refractivity contribution < 1.29 is 8.42 Å². The lowest BCUT2D eigenvalue weighted by Gasteiger charge is -2.16. The number of hydrogen-bond donors (Lipinski definition) is 3. The third-order valence-electron chi connectivity index (χ3n) is 2.56. The molecule has 1 atom stereocenters. The predicted octanol–water partition coefficient (Wildman–Crippen LogP) is 0.258. The Hall–Kier alpha value is -0.920. The lowest BCUT2D eigenvalue weighted by atomic mass is 10.3. The van der Waals surface area contributed by atoms with E-state index in [1.54, 1.807) is 19.3 Å². The number of hydrogen-bond acceptors (Lipinski definition) is 4. The first kappa shape index (κ1) is 15.1. The fourth-order valence-corrected chi connectivity index (χ4v) is 2.39. The largest absolute Gasteiger partial charge is 0.349 e. The van der Waals surface area contributed by atoms with Crippen LogP contribution in [0.25, 0.3) is 0 Å². The van der Waals surface area contributed by atoms with E-state index >= 15 is 0 Å². The van der Waals surface area contributed by atoms with E-state index < -0.39 is 15.3 Å². The summed E-state index contributed by atoms with van der Waals surface area (Å²) in [7, 11) is -3.26. The smallest absolute Gasteiger partial charge is 0.215 e. The Balaban J connectivity index is 2.34. The van der Waals surface area contributed by atoms with Gasteiger partial charge in [-0.25, -0.2) is 18.1 Å². The minimum atomic E-state index is -3.26. The van der Waals surface area contributed by atoms with Gasteiger partial charge in [-0.1, -0.05) is 13.8 Å². The summed E-state index contributed by atoms with van der Waals surface area (Å²) in [6.45, 7) is 6.49. The van der Waals surface area contributed by atoms with Crippen LogP contribution in [0.3, 0.4) is 0 Å². The van der Waals surface area contributed by atoms with Gasteiger partial charge in [0, 0.05) is 37.9 Å². The molecule has 0 aliphatic carbocycles. The average molecular weight is 274 g/mol. The Labute approximate surface area is 109 Å². The molecule has 7 heteroatoms. The predicted molar refractivity (Wildman–Crippen MR) is 71.8 cm³/mol. The van der Waals surface area contributed by atoms with Gasteiger partial charge < -0.3 is 10.3 Å². The monoisotopic (exact) mass is 274 g/mol. The molecule has 18 heavy (non-hydrogen) atoms. The van der Waals surface area contributed by atoms with E-state index in [0.29, 0.717) is 19.5 Å². The molecule has 0 radical (unpaired) electrons. The first-order valence-corrected chi connectivity index (χ1v) is 7.66. The van der Waals surface area contributed by atoms with Crippen molar-refractivity contribution in [2.24, 2.45) is 0 Å². The van der Waals surface area contributed by atoms with Gasteiger partial charge in [-0.3, -0.25) is 0 Å². The molecule has 104 valence electrons. The maximum absolute atomic E-state index is 11.9. The zero-order chi connectivity index (χ0) is 13.6. The highest BCUT2D eigenvalue weighted by Crippen LogP contribution is 1.98. The van der Waals surface area contributed by atoms with Crippen molar-refractivity contribution in [3.8, 4) is 0 Å². The summed E-state index contributed by atoms with van der Waals surface area (Å²) < 4.78 is 26.4. The number of nitrogens with zero attached hydrogens (tertiary/aromatic N) is 1. The summed E-state index contributed by atoms with van der Waals surface area (Å²) in [6, 6.07) is 0.283. The molecular weight excluding hydrogens is 252 g/mol. The molecule has 1 heterocycles. The van der Waals surface area contributed by atoms with Crippen molar-refractivity contribution in [2.75, 3.05) is 13.1 Å². The topological polar surface area (TPSA) is 86.9 Å². The number of sulfonamides is 1. The molecule has 3 N–H and O–H groups in total. The molecule has 0 spiro atoms. The van der Waals surface area contributed by atoms with Crippen molar-refractivity contribution in [1.82, 2.24) is 20.0 Å². The van der Waals surface area contributed by atoms with E-state index in [9.17, 15) is 8.42 Å². The van der Waals surface area contributed by atoms with Gasteiger partial charge >= 0.3 is 0 Å². The van der Waals surface area contributed by atoms with Crippen LogP contribution in [0.2, 0.25) is 0 Å². The third-order valence-corrected chi connectivity index (χ3v) is 4.40. The molecule has 0 bridgehead atoms. The van der Waals surface area contributed by atoms with Gasteiger partial charge in [0.25, 0.3) is 0 Å². The van der Waals surface area contributed by atoms with E-state index in [4.69, 9.17) is 0 Å². The van der Waals surface area contributed by atoms with Crippen LogP contribution in [0, 0.1) is 0 Å². The molecule has 0 aliphatic rings. The van der Waals surface area contributed by atoms with Gasteiger partial charge in [0.2, 0.25) is 10.0 Å². The van der Waals surface area contributed by atoms with Crippen molar-refractivity contribution in [3.05, 3.63) is 18.2 Å². The van der Waals surface area contributed by atoms with E-state index in [0.717, 1.165) is 5.82 Å². The van der Waals surface area contributed by atoms with Gasteiger partial charge in [-0.05, 0) is 6.92 Å². The van der Waals surface area contributed by atoms with Crippen LogP contribution >= 0.6 is 0 Å². The molecule has 1 aromatic heterocycles. The summed E-state index contributed by atoms with van der Waals surface area (Å²) in [6.07, 6.45) is 3.94. The van der Waals surface area contributed by atoms with Crippen LogP contribution in [-0.4, -0.2) is 42.8 Å². The molecule has 6 nitrogen and oxygen atoms in total. The summed E-state index contributed by atoms with van der Waals surface area (Å²) in [5, 5.41) is 2.67. The summed E-state index contributed by atoms with van der Waals surface area (Å²) in [5.74, 6) is 0.783. The van der Waals surface area contributed by atoms with Crippen LogP contribution in [0.1, 0.15) is 26.6 Å². The minimum Gasteiger partial charge on any atom is -0.349 e. The van der Waals surface area contributed by atoms with Crippen molar-refractivity contribution in [1.29, 1.82) is 0 Å². The highest BCUT2D eigenvalue weighted by atomic mass is 32.2. The molecule has 1 unspecified atom stereocenters. The van der Waals surface area contributed by atoms with Gasteiger partial charge in [-0.2, -0.15) is 0 Å². The number of aromatic amines is 1. The maximum atomic E-state index is 11.9. The number of aromatic nitrogens is 2. The Morgan fingerprint density at radius 1 is 1.39 bits per heavy atom. The molecule has 0 saturated heterocycles. The highest BCUT2D eigenvalue weighted by Gasteiger charge is 2.19. The molecule has 0 aromatic carbocycles. The number of imidazole rings is 1. The van der Waals surface area contributed by atoms with Crippen molar-refractivity contribution >= 4 is 10.0 Å². The van der Waals surface area contributed by atoms with Gasteiger partial charge in [-0.15, -0.1) is 0 Å². The van der Waals surface area contributed by atoms with E-state index in [1.165, 1.54) is 0 Å². The Morgan fingerprint density at radius 3 is 2.67 bits per heavy atom. The standard InChI is InChI=1S/C11H22N4O2S/c1-9(2)14-8-10(3)18(16,17)15-5-4-11-12-6-7-13-11/h6-7,9-10,14-15H,4-5,8H2,1-3H3,(H,12,13). The molecule has 0 saturated carbocycles. The second kappa shape index (κ2) is 6.86. The first-order chi connectivity index (χ1) is 8.42. The first-order valence-electron chi connectivity index (χ1n) is 6.12. The zero-order valence-electron chi connectivity index (χ0n) is 11.1. The Kier molecular flexibility index (Phi) is 5.77. The molecule has 0 aliphatic heterocycles. The summed E-state index contributed by atoms with van der Waals surface area (Å²) in [4.78, 5) is 6.97. The zero-order valence-corrected chi connectivity index (χ0v) is 11.9. The molecule has 1 aromatic rings. The molecular formula is C11H22N4O2S. The summed E-state index contributed by atoms with van der Waals surface area (Å²) in [5.41, 5.74) is 0. The minimum absolute atomic E-state index is 0.283. The SMILES string of the molecule is CC(C)NCC(C)S(=O)(=O)NCCc1ncc[nH]1. The molecule has 0 fully saturated rings.